The molecule has 6 heteroatoms. The summed E-state index contributed by atoms with van der Waals surface area (Å²) in [5, 5.41) is 13.5. The van der Waals surface area contributed by atoms with Crippen molar-refractivity contribution in [2.75, 3.05) is 18.4 Å². The number of hydrogen-bond acceptors (Lipinski definition) is 4. The minimum atomic E-state index is -0.782. The van der Waals surface area contributed by atoms with Gasteiger partial charge in [-0.2, -0.15) is 0 Å². The summed E-state index contributed by atoms with van der Waals surface area (Å²) in [6, 6.07) is 3.51. The first-order chi connectivity index (χ1) is 9.44. The number of likely N-dealkylation sites (tertiary alicyclic amines) is 1. The summed E-state index contributed by atoms with van der Waals surface area (Å²) >= 11 is 1.30. The van der Waals surface area contributed by atoms with Gasteiger partial charge in [0.25, 0.3) is 5.91 Å². The molecule has 1 aliphatic heterocycles. The Labute approximate surface area is 121 Å². The molecule has 1 aromatic rings. The van der Waals surface area contributed by atoms with Gasteiger partial charge in [-0.05, 0) is 38.3 Å². The molecule has 1 saturated heterocycles. The molecular formula is C14H18N2O3S. The minimum Gasteiger partial charge on any atom is -0.388 e. The van der Waals surface area contributed by atoms with E-state index in [1.165, 1.54) is 11.3 Å². The van der Waals surface area contributed by atoms with Gasteiger partial charge in [-0.1, -0.05) is 0 Å². The van der Waals surface area contributed by atoms with E-state index in [-0.39, 0.29) is 17.7 Å². The molecule has 20 heavy (non-hydrogen) atoms. The molecule has 108 valence electrons. The second-order valence-corrected chi connectivity index (χ2v) is 6.98. The van der Waals surface area contributed by atoms with Crippen molar-refractivity contribution in [2.24, 2.45) is 5.92 Å². The highest BCUT2D eigenvalue weighted by molar-refractivity contribution is 7.18. The molecule has 0 radical (unpaired) electrons. The van der Waals surface area contributed by atoms with Gasteiger partial charge in [0.1, 0.15) is 0 Å². The molecule has 2 N–H and O–H groups in total. The smallest absolute Gasteiger partial charge is 0.264 e. The molecule has 1 atom stereocenters. The van der Waals surface area contributed by atoms with E-state index in [0.717, 1.165) is 17.8 Å². The summed E-state index contributed by atoms with van der Waals surface area (Å²) in [6.07, 6.45) is 2.53. The van der Waals surface area contributed by atoms with Crippen LogP contribution < -0.4 is 5.32 Å². The van der Waals surface area contributed by atoms with Crippen molar-refractivity contribution in [1.82, 2.24) is 4.90 Å². The number of aliphatic hydroxyl groups is 1. The van der Waals surface area contributed by atoms with Gasteiger partial charge in [-0.3, -0.25) is 9.59 Å². The van der Waals surface area contributed by atoms with Gasteiger partial charge in [-0.25, -0.2) is 0 Å². The molecule has 0 spiro atoms. The Morgan fingerprint density at radius 3 is 2.80 bits per heavy atom. The summed E-state index contributed by atoms with van der Waals surface area (Å²) in [7, 11) is 0. The largest absolute Gasteiger partial charge is 0.388 e. The van der Waals surface area contributed by atoms with Gasteiger partial charge in [0.2, 0.25) is 5.91 Å². The first-order valence-corrected chi connectivity index (χ1v) is 7.69. The Morgan fingerprint density at radius 1 is 1.45 bits per heavy atom. The number of anilines is 1. The number of nitrogens with zero attached hydrogens (tertiary/aromatic N) is 1. The van der Waals surface area contributed by atoms with Crippen LogP contribution in [0.3, 0.4) is 0 Å². The lowest BCUT2D eigenvalue weighted by atomic mass is 10.1. The van der Waals surface area contributed by atoms with Gasteiger partial charge in [0.15, 0.2) is 0 Å². The molecule has 1 unspecified atom stereocenters. The lowest BCUT2D eigenvalue weighted by molar-refractivity contribution is -0.117. The Balaban J connectivity index is 1.64. The van der Waals surface area contributed by atoms with Crippen LogP contribution in [0.1, 0.15) is 35.9 Å². The topological polar surface area (TPSA) is 69.6 Å². The molecule has 3 rings (SSSR count). The van der Waals surface area contributed by atoms with Crippen LogP contribution in [-0.4, -0.2) is 40.5 Å². The van der Waals surface area contributed by atoms with Crippen LogP contribution in [0.4, 0.5) is 5.00 Å². The monoisotopic (exact) mass is 294 g/mol. The summed E-state index contributed by atoms with van der Waals surface area (Å²) in [6.45, 7) is 2.69. The maximum absolute atomic E-state index is 12.3. The van der Waals surface area contributed by atoms with Crippen molar-refractivity contribution in [3.63, 3.8) is 0 Å². The number of thiophene rings is 1. The Hall–Kier alpha value is -1.40. The third-order valence-electron chi connectivity index (χ3n) is 3.75. The number of hydrogen-bond donors (Lipinski definition) is 2. The van der Waals surface area contributed by atoms with Crippen LogP contribution in [0.15, 0.2) is 12.1 Å². The number of amides is 2. The number of carbonyl (C=O) groups excluding carboxylic acids is 2. The Morgan fingerprint density at radius 2 is 2.20 bits per heavy atom. The average molecular weight is 294 g/mol. The van der Waals surface area contributed by atoms with Crippen molar-refractivity contribution < 1.29 is 14.7 Å². The zero-order valence-electron chi connectivity index (χ0n) is 11.4. The van der Waals surface area contributed by atoms with Gasteiger partial charge in [-0.15, -0.1) is 11.3 Å². The molecule has 2 aliphatic rings. The number of carbonyl (C=O) groups is 2. The fourth-order valence-corrected chi connectivity index (χ4v) is 3.24. The van der Waals surface area contributed by atoms with Crippen LogP contribution in [0.25, 0.3) is 0 Å². The fraction of sp³-hybridized carbons (Fsp3) is 0.571. The first-order valence-electron chi connectivity index (χ1n) is 6.87. The highest BCUT2D eigenvalue weighted by Crippen LogP contribution is 2.32. The van der Waals surface area contributed by atoms with Crippen molar-refractivity contribution in [3.8, 4) is 0 Å². The van der Waals surface area contributed by atoms with Crippen molar-refractivity contribution >= 4 is 28.2 Å². The van der Waals surface area contributed by atoms with E-state index in [1.807, 2.05) is 0 Å². The van der Waals surface area contributed by atoms with Crippen molar-refractivity contribution in [3.05, 3.63) is 17.0 Å². The quantitative estimate of drug-likeness (QED) is 0.891. The van der Waals surface area contributed by atoms with Crippen molar-refractivity contribution in [2.45, 2.75) is 31.8 Å². The summed E-state index contributed by atoms with van der Waals surface area (Å²) < 4.78 is 0. The van der Waals surface area contributed by atoms with E-state index in [1.54, 1.807) is 24.0 Å². The van der Waals surface area contributed by atoms with E-state index in [4.69, 9.17) is 0 Å². The number of β-amino-alcohol motifs (C(OH)–C–C–N with tert-alkyl or cyclic N) is 1. The van der Waals surface area contributed by atoms with E-state index >= 15 is 0 Å². The summed E-state index contributed by atoms with van der Waals surface area (Å²) in [5.41, 5.74) is -0.782. The zero-order chi connectivity index (χ0) is 14.3. The third kappa shape index (κ3) is 2.86. The fourth-order valence-electron chi connectivity index (χ4n) is 2.36. The molecule has 2 heterocycles. The average Bonchev–Trinajstić information content (AvgIpc) is 3.05. The number of rotatable bonds is 3. The molecular weight excluding hydrogens is 276 g/mol. The lowest BCUT2D eigenvalue weighted by Gasteiger charge is -2.18. The van der Waals surface area contributed by atoms with Gasteiger partial charge < -0.3 is 15.3 Å². The summed E-state index contributed by atoms with van der Waals surface area (Å²) in [5.74, 6) is 0.139. The number of nitrogens with one attached hydrogen (secondary N) is 1. The maximum Gasteiger partial charge on any atom is 0.264 e. The first kappa shape index (κ1) is 13.6. The lowest BCUT2D eigenvalue weighted by Crippen LogP contribution is -2.33. The van der Waals surface area contributed by atoms with E-state index in [2.05, 4.69) is 5.32 Å². The van der Waals surface area contributed by atoms with Gasteiger partial charge in [0.05, 0.1) is 15.5 Å². The molecule has 2 amide bonds. The Bertz CT molecular complexity index is 548. The molecule has 1 aromatic heterocycles. The highest BCUT2D eigenvalue weighted by atomic mass is 32.1. The third-order valence-corrected chi connectivity index (χ3v) is 4.74. The predicted molar refractivity (Wildman–Crippen MR) is 76.8 cm³/mol. The minimum absolute atomic E-state index is 0.0509. The Kier molecular flexibility index (Phi) is 3.30. The van der Waals surface area contributed by atoms with Crippen LogP contribution >= 0.6 is 11.3 Å². The maximum atomic E-state index is 12.3. The van der Waals surface area contributed by atoms with Gasteiger partial charge in [0, 0.05) is 19.0 Å². The second kappa shape index (κ2) is 4.86. The molecule has 1 aliphatic carbocycles. The predicted octanol–water partition coefficient (Wildman–Crippen LogP) is 1.69. The second-order valence-electron chi connectivity index (χ2n) is 5.90. The van der Waals surface area contributed by atoms with Crippen LogP contribution in [0.2, 0.25) is 0 Å². The van der Waals surface area contributed by atoms with Crippen LogP contribution in [-0.2, 0) is 4.79 Å². The standard InChI is InChI=1S/C14H18N2O3S/c1-14(19)6-7-16(8-14)13(18)10-4-5-11(20-10)15-12(17)9-2-3-9/h4-5,9,19H,2-3,6-8H2,1H3,(H,15,17). The van der Waals surface area contributed by atoms with Crippen molar-refractivity contribution in [1.29, 1.82) is 0 Å². The zero-order valence-corrected chi connectivity index (χ0v) is 12.2. The van der Waals surface area contributed by atoms with E-state index in [9.17, 15) is 14.7 Å². The SMILES string of the molecule is CC1(O)CCN(C(=O)c2ccc(NC(=O)C3CC3)s2)C1. The highest BCUT2D eigenvalue weighted by Gasteiger charge is 2.35. The molecule has 2 fully saturated rings. The van der Waals surface area contributed by atoms with E-state index < -0.39 is 5.60 Å². The van der Waals surface area contributed by atoms with Crippen LogP contribution in [0, 0.1) is 5.92 Å². The van der Waals surface area contributed by atoms with Gasteiger partial charge >= 0.3 is 0 Å². The molecule has 0 aromatic carbocycles. The van der Waals surface area contributed by atoms with Crippen LogP contribution in [0.5, 0.6) is 0 Å². The normalized spacial score (nSPS) is 25.8. The molecule has 1 saturated carbocycles. The van der Waals surface area contributed by atoms with E-state index in [0.29, 0.717) is 24.4 Å². The summed E-state index contributed by atoms with van der Waals surface area (Å²) in [4.78, 5) is 26.2. The molecule has 0 bridgehead atoms. The molecule has 5 nitrogen and oxygen atoms in total.